The fourth-order valence-electron chi connectivity index (χ4n) is 1.14. The maximum atomic E-state index is 11.5. The smallest absolute Gasteiger partial charge is 0.282 e. The molecule has 5 nitrogen and oxygen atoms in total. The van der Waals surface area contributed by atoms with Crippen LogP contribution >= 0.6 is 22.9 Å². The molecule has 0 atom stereocenters. The molecular formula is C10H9ClN4OS. The minimum absolute atomic E-state index is 0.309. The van der Waals surface area contributed by atoms with Crippen molar-refractivity contribution in [1.82, 2.24) is 15.6 Å². The number of hydrogen-bond acceptors (Lipinski definition) is 4. The number of nitrogens with zero attached hydrogens (tertiary/aromatic N) is 2. The van der Waals surface area contributed by atoms with Crippen LogP contribution in [0.4, 0.5) is 0 Å². The van der Waals surface area contributed by atoms with E-state index in [-0.39, 0.29) is 5.91 Å². The van der Waals surface area contributed by atoms with E-state index in [9.17, 15) is 4.79 Å². The molecule has 2 aromatic heterocycles. The predicted octanol–water partition coefficient (Wildman–Crippen LogP) is 2.20. The van der Waals surface area contributed by atoms with Gasteiger partial charge in [-0.15, -0.1) is 11.3 Å². The molecule has 1 amide bonds. The van der Waals surface area contributed by atoms with Crippen LogP contribution in [0.2, 0.25) is 4.34 Å². The normalized spacial score (nSPS) is 10.9. The van der Waals surface area contributed by atoms with Crippen molar-refractivity contribution in [3.05, 3.63) is 38.8 Å². The number of carbonyl (C=O) groups excluding carboxylic acids is 1. The first-order valence-electron chi connectivity index (χ1n) is 4.76. The van der Waals surface area contributed by atoms with E-state index in [1.165, 1.54) is 17.6 Å². The summed E-state index contributed by atoms with van der Waals surface area (Å²) in [5.41, 5.74) is 3.51. The van der Waals surface area contributed by atoms with Gasteiger partial charge in [0.25, 0.3) is 5.91 Å². The SMILES string of the molecule is Cc1cc(C(=O)N/N=C\c2ccc(Cl)s2)n[nH]1. The summed E-state index contributed by atoms with van der Waals surface area (Å²) < 4.78 is 0.681. The lowest BCUT2D eigenvalue weighted by molar-refractivity contribution is 0.0950. The number of nitrogens with one attached hydrogen (secondary N) is 2. The zero-order valence-corrected chi connectivity index (χ0v) is 10.5. The summed E-state index contributed by atoms with van der Waals surface area (Å²) in [6.45, 7) is 1.82. The summed E-state index contributed by atoms with van der Waals surface area (Å²) in [6, 6.07) is 5.24. The average Bonchev–Trinajstić information content (AvgIpc) is 2.88. The van der Waals surface area contributed by atoms with Crippen molar-refractivity contribution in [2.75, 3.05) is 0 Å². The standard InChI is InChI=1S/C10H9ClN4OS/c1-6-4-8(14-13-6)10(16)15-12-5-7-2-3-9(11)17-7/h2-5H,1H3,(H,13,14)(H,15,16)/b12-5-. The number of aromatic nitrogens is 2. The Morgan fingerprint density at radius 2 is 2.47 bits per heavy atom. The average molecular weight is 269 g/mol. The Morgan fingerprint density at radius 1 is 1.65 bits per heavy atom. The van der Waals surface area contributed by atoms with Gasteiger partial charge in [-0.25, -0.2) is 5.43 Å². The number of aryl methyl sites for hydroxylation is 1. The van der Waals surface area contributed by atoms with Crippen molar-refractivity contribution >= 4 is 35.1 Å². The topological polar surface area (TPSA) is 70.1 Å². The largest absolute Gasteiger partial charge is 0.291 e. The first-order valence-corrected chi connectivity index (χ1v) is 5.95. The molecule has 2 aromatic rings. The molecular weight excluding hydrogens is 260 g/mol. The van der Waals surface area contributed by atoms with Gasteiger partial charge >= 0.3 is 0 Å². The van der Waals surface area contributed by atoms with Gasteiger partial charge in [0, 0.05) is 10.6 Å². The van der Waals surface area contributed by atoms with E-state index in [2.05, 4.69) is 20.7 Å². The molecule has 0 unspecified atom stereocenters. The Hall–Kier alpha value is -1.66. The quantitative estimate of drug-likeness (QED) is 0.662. The van der Waals surface area contributed by atoms with Crippen LogP contribution in [0.15, 0.2) is 23.3 Å². The lowest BCUT2D eigenvalue weighted by Crippen LogP contribution is -2.17. The lowest BCUT2D eigenvalue weighted by Gasteiger charge is -1.93. The first-order chi connectivity index (χ1) is 8.15. The zero-order valence-electron chi connectivity index (χ0n) is 8.90. The van der Waals surface area contributed by atoms with Crippen LogP contribution in [0.3, 0.4) is 0 Å². The number of aromatic amines is 1. The van der Waals surface area contributed by atoms with Crippen molar-refractivity contribution in [2.45, 2.75) is 6.92 Å². The van der Waals surface area contributed by atoms with Crippen LogP contribution in [0, 0.1) is 6.92 Å². The van der Waals surface area contributed by atoms with Crippen molar-refractivity contribution in [2.24, 2.45) is 5.10 Å². The molecule has 88 valence electrons. The first kappa shape index (κ1) is 11.8. The van der Waals surface area contributed by atoms with Gasteiger partial charge in [0.2, 0.25) is 0 Å². The molecule has 17 heavy (non-hydrogen) atoms. The fourth-order valence-corrected chi connectivity index (χ4v) is 2.08. The Labute approximate surface area is 107 Å². The van der Waals surface area contributed by atoms with Crippen LogP contribution in [0.25, 0.3) is 0 Å². The van der Waals surface area contributed by atoms with Crippen molar-refractivity contribution in [3.63, 3.8) is 0 Å². The second-order valence-electron chi connectivity index (χ2n) is 3.28. The number of rotatable bonds is 3. The van der Waals surface area contributed by atoms with Gasteiger partial charge in [-0.3, -0.25) is 9.89 Å². The molecule has 0 aliphatic carbocycles. The van der Waals surface area contributed by atoms with E-state index in [4.69, 9.17) is 11.6 Å². The van der Waals surface area contributed by atoms with Gasteiger partial charge < -0.3 is 0 Å². The van der Waals surface area contributed by atoms with Crippen LogP contribution in [-0.4, -0.2) is 22.3 Å². The monoisotopic (exact) mass is 268 g/mol. The van der Waals surface area contributed by atoms with Crippen molar-refractivity contribution < 1.29 is 4.79 Å². The van der Waals surface area contributed by atoms with Gasteiger partial charge in [0.15, 0.2) is 5.69 Å². The van der Waals surface area contributed by atoms with E-state index in [0.29, 0.717) is 10.0 Å². The Morgan fingerprint density at radius 3 is 3.06 bits per heavy atom. The molecule has 0 aliphatic rings. The summed E-state index contributed by atoms with van der Waals surface area (Å²) in [7, 11) is 0. The molecule has 0 fully saturated rings. The third-order valence-electron chi connectivity index (χ3n) is 1.89. The van der Waals surface area contributed by atoms with Crippen molar-refractivity contribution in [3.8, 4) is 0 Å². The van der Waals surface area contributed by atoms with E-state index >= 15 is 0 Å². The highest BCUT2D eigenvalue weighted by Gasteiger charge is 2.07. The second kappa shape index (κ2) is 5.11. The number of thiophene rings is 1. The molecule has 0 bridgehead atoms. The fraction of sp³-hybridized carbons (Fsp3) is 0.100. The molecule has 2 heterocycles. The molecule has 7 heteroatoms. The molecule has 0 aromatic carbocycles. The molecule has 0 saturated heterocycles. The molecule has 2 rings (SSSR count). The van der Waals surface area contributed by atoms with Crippen molar-refractivity contribution in [1.29, 1.82) is 0 Å². The van der Waals surface area contributed by atoms with Crippen LogP contribution in [-0.2, 0) is 0 Å². The lowest BCUT2D eigenvalue weighted by atomic mass is 10.4. The molecule has 0 radical (unpaired) electrons. The van der Waals surface area contributed by atoms with Crippen LogP contribution in [0.5, 0.6) is 0 Å². The second-order valence-corrected chi connectivity index (χ2v) is 5.02. The molecule has 0 spiro atoms. The highest BCUT2D eigenvalue weighted by atomic mass is 35.5. The van der Waals surface area contributed by atoms with Crippen LogP contribution in [0.1, 0.15) is 21.1 Å². The minimum atomic E-state index is -0.353. The highest BCUT2D eigenvalue weighted by molar-refractivity contribution is 7.17. The summed E-state index contributed by atoms with van der Waals surface area (Å²) >= 11 is 7.14. The van der Waals surface area contributed by atoms with Gasteiger partial charge in [0.05, 0.1) is 10.6 Å². The minimum Gasteiger partial charge on any atom is -0.282 e. The number of H-pyrrole nitrogens is 1. The number of amides is 1. The Kier molecular flexibility index (Phi) is 3.55. The van der Waals surface area contributed by atoms with Gasteiger partial charge in [-0.1, -0.05) is 11.6 Å². The third-order valence-corrected chi connectivity index (χ3v) is 3.06. The van der Waals surface area contributed by atoms with Crippen LogP contribution < -0.4 is 5.43 Å². The summed E-state index contributed by atoms with van der Waals surface area (Å²) in [6.07, 6.45) is 1.54. The Bertz CT molecular complexity index is 560. The molecule has 0 aliphatic heterocycles. The van der Waals surface area contributed by atoms with E-state index in [0.717, 1.165) is 10.6 Å². The zero-order chi connectivity index (χ0) is 12.3. The van der Waals surface area contributed by atoms with Gasteiger partial charge in [-0.05, 0) is 25.1 Å². The summed E-state index contributed by atoms with van der Waals surface area (Å²) in [4.78, 5) is 12.4. The maximum absolute atomic E-state index is 11.5. The molecule has 2 N–H and O–H groups in total. The summed E-state index contributed by atoms with van der Waals surface area (Å²) in [5, 5.41) is 10.3. The van der Waals surface area contributed by atoms with Gasteiger partial charge in [-0.2, -0.15) is 10.2 Å². The van der Waals surface area contributed by atoms with Gasteiger partial charge in [0.1, 0.15) is 0 Å². The molecule has 0 saturated carbocycles. The Balaban J connectivity index is 1.94. The third kappa shape index (κ3) is 3.15. The number of hydrogen-bond donors (Lipinski definition) is 2. The predicted molar refractivity (Wildman–Crippen MR) is 67.7 cm³/mol. The summed E-state index contributed by atoms with van der Waals surface area (Å²) in [5.74, 6) is -0.353. The van der Waals surface area contributed by atoms with E-state index < -0.39 is 0 Å². The number of halogens is 1. The highest BCUT2D eigenvalue weighted by Crippen LogP contribution is 2.19. The number of hydrazone groups is 1. The van der Waals surface area contributed by atoms with E-state index in [1.54, 1.807) is 12.1 Å². The number of carbonyl (C=O) groups is 1. The van der Waals surface area contributed by atoms with E-state index in [1.807, 2.05) is 13.0 Å². The maximum Gasteiger partial charge on any atom is 0.291 e.